The summed E-state index contributed by atoms with van der Waals surface area (Å²) in [6, 6.07) is 1.16. The third-order valence-corrected chi connectivity index (χ3v) is 4.47. The number of fused-ring (bicyclic) bond motifs is 1. The van der Waals surface area contributed by atoms with Gasteiger partial charge in [0.15, 0.2) is 0 Å². The smallest absolute Gasteiger partial charge is 0.222 e. The van der Waals surface area contributed by atoms with Gasteiger partial charge >= 0.3 is 0 Å². The van der Waals surface area contributed by atoms with Gasteiger partial charge in [-0.05, 0) is 38.5 Å². The van der Waals surface area contributed by atoms with Crippen molar-refractivity contribution in [2.45, 2.75) is 59.0 Å². The minimum absolute atomic E-state index is 0.392. The van der Waals surface area contributed by atoms with E-state index in [1.54, 1.807) is 0 Å². The van der Waals surface area contributed by atoms with E-state index >= 15 is 0 Å². The van der Waals surface area contributed by atoms with Crippen molar-refractivity contribution in [2.75, 3.05) is 19.6 Å². The number of carbonyl (C=O) groups is 1. The maximum atomic E-state index is 12.1. The largest absolute Gasteiger partial charge is 0.339 e. The van der Waals surface area contributed by atoms with Crippen LogP contribution in [-0.4, -0.2) is 47.4 Å². The van der Waals surface area contributed by atoms with Crippen molar-refractivity contribution in [1.29, 1.82) is 0 Å². The molecule has 18 heavy (non-hydrogen) atoms. The lowest BCUT2D eigenvalue weighted by atomic mass is 9.82. The summed E-state index contributed by atoms with van der Waals surface area (Å²) in [5.74, 6) is 1.68. The van der Waals surface area contributed by atoms with Crippen LogP contribution in [0.2, 0.25) is 0 Å². The highest BCUT2D eigenvalue weighted by atomic mass is 16.2. The van der Waals surface area contributed by atoms with Crippen molar-refractivity contribution in [1.82, 2.24) is 9.80 Å². The summed E-state index contributed by atoms with van der Waals surface area (Å²) in [4.78, 5) is 16.9. The molecule has 2 saturated heterocycles. The van der Waals surface area contributed by atoms with Crippen molar-refractivity contribution in [2.24, 2.45) is 11.8 Å². The van der Waals surface area contributed by atoms with E-state index in [9.17, 15) is 4.79 Å². The molecule has 0 aromatic carbocycles. The lowest BCUT2D eigenvalue weighted by Gasteiger charge is -2.48. The Hall–Kier alpha value is -0.570. The molecule has 104 valence electrons. The van der Waals surface area contributed by atoms with Gasteiger partial charge in [0.1, 0.15) is 0 Å². The molecular formula is C15H28N2O. The maximum absolute atomic E-state index is 12.1. The summed E-state index contributed by atoms with van der Waals surface area (Å²) in [5, 5.41) is 0. The highest BCUT2D eigenvalue weighted by Gasteiger charge is 2.39. The predicted molar refractivity (Wildman–Crippen MR) is 74.4 cm³/mol. The number of rotatable bonds is 3. The monoisotopic (exact) mass is 252 g/mol. The number of amides is 1. The molecule has 0 saturated carbocycles. The molecule has 2 aliphatic rings. The quantitative estimate of drug-likeness (QED) is 0.770. The zero-order valence-electron chi connectivity index (χ0n) is 12.4. The Balaban J connectivity index is 2.03. The number of piperidine rings is 2. The van der Waals surface area contributed by atoms with E-state index in [2.05, 4.69) is 37.5 Å². The summed E-state index contributed by atoms with van der Waals surface area (Å²) in [5.41, 5.74) is 0. The lowest BCUT2D eigenvalue weighted by Crippen LogP contribution is -2.57. The molecule has 2 heterocycles. The summed E-state index contributed by atoms with van der Waals surface area (Å²) >= 11 is 0. The highest BCUT2D eigenvalue weighted by molar-refractivity contribution is 5.77. The second-order valence-electron chi connectivity index (χ2n) is 6.68. The van der Waals surface area contributed by atoms with Crippen LogP contribution in [0.15, 0.2) is 0 Å². The normalized spacial score (nSPS) is 30.1. The molecule has 2 atom stereocenters. The standard InChI is InChI=1S/C15H28N2O/c1-11(2)9-17-14-7-8-16(12(3)4)10-13(14)5-6-15(17)18/h11-14H,5-10H2,1-4H3/t13-,14+/m0/s1. The van der Waals surface area contributed by atoms with Crippen molar-refractivity contribution in [3.63, 3.8) is 0 Å². The van der Waals surface area contributed by atoms with Crippen LogP contribution in [0.5, 0.6) is 0 Å². The number of nitrogens with zero attached hydrogens (tertiary/aromatic N) is 2. The van der Waals surface area contributed by atoms with Crippen LogP contribution in [-0.2, 0) is 4.79 Å². The molecule has 0 spiro atoms. The Morgan fingerprint density at radius 1 is 1.22 bits per heavy atom. The molecule has 0 aromatic heterocycles. The zero-order chi connectivity index (χ0) is 13.3. The molecule has 0 unspecified atom stereocenters. The Labute approximate surface area is 112 Å². The van der Waals surface area contributed by atoms with Crippen LogP contribution in [0.25, 0.3) is 0 Å². The second-order valence-corrected chi connectivity index (χ2v) is 6.68. The first-order valence-electron chi connectivity index (χ1n) is 7.52. The molecular weight excluding hydrogens is 224 g/mol. The fourth-order valence-corrected chi connectivity index (χ4v) is 3.48. The summed E-state index contributed by atoms with van der Waals surface area (Å²) in [6.07, 6.45) is 3.03. The average molecular weight is 252 g/mol. The number of hydrogen-bond donors (Lipinski definition) is 0. The molecule has 2 aliphatic heterocycles. The van der Waals surface area contributed by atoms with E-state index in [0.717, 1.165) is 25.9 Å². The van der Waals surface area contributed by atoms with Crippen LogP contribution in [0, 0.1) is 11.8 Å². The van der Waals surface area contributed by atoms with Crippen LogP contribution in [0.3, 0.4) is 0 Å². The van der Waals surface area contributed by atoms with Crippen molar-refractivity contribution < 1.29 is 4.79 Å². The van der Waals surface area contributed by atoms with Crippen LogP contribution in [0.4, 0.5) is 0 Å². The zero-order valence-corrected chi connectivity index (χ0v) is 12.4. The van der Waals surface area contributed by atoms with Gasteiger partial charge in [0.05, 0.1) is 0 Å². The minimum Gasteiger partial charge on any atom is -0.339 e. The van der Waals surface area contributed by atoms with Gasteiger partial charge in [-0.1, -0.05) is 13.8 Å². The third kappa shape index (κ3) is 2.87. The van der Waals surface area contributed by atoms with Gasteiger partial charge in [0.25, 0.3) is 0 Å². The van der Waals surface area contributed by atoms with Gasteiger partial charge in [0, 0.05) is 38.1 Å². The average Bonchev–Trinajstić information content (AvgIpc) is 2.31. The molecule has 1 amide bonds. The molecule has 0 radical (unpaired) electrons. The van der Waals surface area contributed by atoms with Gasteiger partial charge in [-0.2, -0.15) is 0 Å². The van der Waals surface area contributed by atoms with E-state index in [4.69, 9.17) is 0 Å². The first-order chi connectivity index (χ1) is 8.49. The molecule has 0 aliphatic carbocycles. The van der Waals surface area contributed by atoms with Crippen LogP contribution in [0.1, 0.15) is 47.0 Å². The van der Waals surface area contributed by atoms with Crippen LogP contribution < -0.4 is 0 Å². The molecule has 0 N–H and O–H groups in total. The fourth-order valence-electron chi connectivity index (χ4n) is 3.48. The number of likely N-dealkylation sites (tertiary alicyclic amines) is 2. The number of carbonyl (C=O) groups excluding carboxylic acids is 1. The Morgan fingerprint density at radius 3 is 2.56 bits per heavy atom. The maximum Gasteiger partial charge on any atom is 0.222 e. The molecule has 2 fully saturated rings. The third-order valence-electron chi connectivity index (χ3n) is 4.47. The van der Waals surface area contributed by atoms with Gasteiger partial charge in [0.2, 0.25) is 5.91 Å². The topological polar surface area (TPSA) is 23.6 Å². The molecule has 3 heteroatoms. The Kier molecular flexibility index (Phi) is 4.31. The van der Waals surface area contributed by atoms with E-state index in [0.29, 0.717) is 29.8 Å². The molecule has 0 aromatic rings. The SMILES string of the molecule is CC(C)CN1C(=O)CC[C@H]2CN(C(C)C)CC[C@H]21. The fraction of sp³-hybridized carbons (Fsp3) is 0.933. The minimum atomic E-state index is 0.392. The highest BCUT2D eigenvalue weighted by Crippen LogP contribution is 2.32. The lowest BCUT2D eigenvalue weighted by molar-refractivity contribution is -0.142. The van der Waals surface area contributed by atoms with E-state index < -0.39 is 0 Å². The Morgan fingerprint density at radius 2 is 1.94 bits per heavy atom. The first-order valence-corrected chi connectivity index (χ1v) is 7.52. The number of hydrogen-bond acceptors (Lipinski definition) is 2. The van der Waals surface area contributed by atoms with Gasteiger partial charge in [-0.25, -0.2) is 0 Å². The van der Waals surface area contributed by atoms with Gasteiger partial charge < -0.3 is 9.80 Å². The first kappa shape index (κ1) is 13.9. The van der Waals surface area contributed by atoms with Crippen molar-refractivity contribution in [3.8, 4) is 0 Å². The summed E-state index contributed by atoms with van der Waals surface area (Å²) in [7, 11) is 0. The van der Waals surface area contributed by atoms with E-state index in [1.807, 2.05) is 0 Å². The van der Waals surface area contributed by atoms with Gasteiger partial charge in [-0.3, -0.25) is 4.79 Å². The predicted octanol–water partition coefficient (Wildman–Crippen LogP) is 2.36. The van der Waals surface area contributed by atoms with E-state index in [-0.39, 0.29) is 0 Å². The van der Waals surface area contributed by atoms with Crippen molar-refractivity contribution >= 4 is 5.91 Å². The Bertz CT molecular complexity index is 301. The van der Waals surface area contributed by atoms with Crippen LogP contribution >= 0.6 is 0 Å². The summed E-state index contributed by atoms with van der Waals surface area (Å²) in [6.45, 7) is 12.3. The van der Waals surface area contributed by atoms with E-state index in [1.165, 1.54) is 13.0 Å². The van der Waals surface area contributed by atoms with Crippen molar-refractivity contribution in [3.05, 3.63) is 0 Å². The summed E-state index contributed by atoms with van der Waals surface area (Å²) < 4.78 is 0. The van der Waals surface area contributed by atoms with Gasteiger partial charge in [-0.15, -0.1) is 0 Å². The molecule has 2 rings (SSSR count). The second kappa shape index (κ2) is 5.60. The molecule has 3 nitrogen and oxygen atoms in total. The molecule has 0 bridgehead atoms.